The van der Waals surface area contributed by atoms with E-state index in [-0.39, 0.29) is 0 Å². The molecular weight excluding hydrogens is 218 g/mol. The Balaban J connectivity index is 2.65. The average Bonchev–Trinajstić information content (AvgIpc) is 2.63. The second-order valence-electron chi connectivity index (χ2n) is 3.61. The van der Waals surface area contributed by atoms with Gasteiger partial charge in [0.05, 0.1) is 4.92 Å². The Hall–Kier alpha value is -2.61. The van der Waals surface area contributed by atoms with Gasteiger partial charge in [-0.3, -0.25) is 10.1 Å². The molecule has 0 saturated heterocycles. The maximum Gasteiger partial charge on any atom is 0.346 e. The number of aromatic nitrogens is 1. The summed E-state index contributed by atoms with van der Waals surface area (Å²) in [4.78, 5) is 9.91. The van der Waals surface area contributed by atoms with Crippen molar-refractivity contribution in [2.24, 2.45) is 7.05 Å². The van der Waals surface area contributed by atoms with Crippen LogP contribution in [-0.2, 0) is 7.05 Å². The lowest BCUT2D eigenvalue weighted by Crippen LogP contribution is -1.94. The van der Waals surface area contributed by atoms with Crippen LogP contribution in [0.3, 0.4) is 0 Å². The fourth-order valence-electron chi connectivity index (χ4n) is 1.76. The number of nitro groups is 1. The second kappa shape index (κ2) is 4.10. The average molecular weight is 227 g/mol. The van der Waals surface area contributed by atoms with Crippen molar-refractivity contribution in [3.8, 4) is 6.07 Å². The number of nitriles is 1. The predicted octanol–water partition coefficient (Wildman–Crippen LogP) is 2.32. The summed E-state index contributed by atoms with van der Waals surface area (Å²) in [6.07, 6.45) is 3.06. The molecule has 0 amide bonds. The van der Waals surface area contributed by atoms with Gasteiger partial charge in [0.25, 0.3) is 0 Å². The van der Waals surface area contributed by atoms with Gasteiger partial charge >= 0.3 is 5.70 Å². The fraction of sp³-hybridized carbons (Fsp3) is 0.0833. The normalized spacial score (nSPS) is 11.4. The van der Waals surface area contributed by atoms with Crippen LogP contribution in [0.1, 0.15) is 5.56 Å². The molecule has 0 saturated carbocycles. The monoisotopic (exact) mass is 227 g/mol. The second-order valence-corrected chi connectivity index (χ2v) is 3.61. The van der Waals surface area contributed by atoms with Gasteiger partial charge in [-0.15, -0.1) is 0 Å². The van der Waals surface area contributed by atoms with E-state index in [0.717, 1.165) is 10.9 Å². The van der Waals surface area contributed by atoms with Crippen molar-refractivity contribution in [1.29, 1.82) is 5.26 Å². The van der Waals surface area contributed by atoms with Gasteiger partial charge in [-0.1, -0.05) is 18.2 Å². The standard InChI is InChI=1S/C12H9N3O2/c1-14-8-9(6-10(7-13)15(16)17)11-4-2-3-5-12(11)14/h2-6,8H,1H3/b10-6-. The minimum absolute atomic E-state index is 0.457. The van der Waals surface area contributed by atoms with E-state index >= 15 is 0 Å². The minimum atomic E-state index is -0.679. The molecule has 1 heterocycles. The lowest BCUT2D eigenvalue weighted by molar-refractivity contribution is -0.415. The molecule has 0 spiro atoms. The van der Waals surface area contributed by atoms with Gasteiger partial charge in [0.1, 0.15) is 0 Å². The van der Waals surface area contributed by atoms with Gasteiger partial charge in [-0.05, 0) is 6.07 Å². The van der Waals surface area contributed by atoms with Crippen LogP contribution >= 0.6 is 0 Å². The molecule has 0 aliphatic heterocycles. The number of benzene rings is 1. The molecule has 84 valence electrons. The maximum absolute atomic E-state index is 10.6. The number of hydrogen-bond acceptors (Lipinski definition) is 3. The van der Waals surface area contributed by atoms with E-state index in [1.807, 2.05) is 35.9 Å². The summed E-state index contributed by atoms with van der Waals surface area (Å²) < 4.78 is 1.87. The molecule has 0 unspecified atom stereocenters. The number of rotatable bonds is 2. The molecule has 5 nitrogen and oxygen atoms in total. The predicted molar refractivity (Wildman–Crippen MR) is 63.5 cm³/mol. The Bertz CT molecular complexity index is 662. The first-order valence-electron chi connectivity index (χ1n) is 4.93. The van der Waals surface area contributed by atoms with Gasteiger partial charge < -0.3 is 4.57 Å². The summed E-state index contributed by atoms with van der Waals surface area (Å²) in [6, 6.07) is 9.13. The van der Waals surface area contributed by atoms with Crippen LogP contribution in [0.4, 0.5) is 0 Å². The van der Waals surface area contributed by atoms with Gasteiger partial charge in [0, 0.05) is 35.8 Å². The quantitative estimate of drug-likeness (QED) is 0.449. The van der Waals surface area contributed by atoms with E-state index in [1.54, 1.807) is 12.3 Å². The van der Waals surface area contributed by atoms with E-state index < -0.39 is 10.6 Å². The molecule has 1 aromatic carbocycles. The van der Waals surface area contributed by atoms with Crippen molar-refractivity contribution in [2.45, 2.75) is 0 Å². The first kappa shape index (κ1) is 10.9. The zero-order valence-corrected chi connectivity index (χ0v) is 9.12. The summed E-state index contributed by atoms with van der Waals surface area (Å²) >= 11 is 0. The van der Waals surface area contributed by atoms with Gasteiger partial charge in [0.2, 0.25) is 0 Å². The third-order valence-electron chi connectivity index (χ3n) is 2.53. The number of hydrogen-bond donors (Lipinski definition) is 0. The van der Waals surface area contributed by atoms with E-state index in [9.17, 15) is 10.1 Å². The molecule has 17 heavy (non-hydrogen) atoms. The first-order chi connectivity index (χ1) is 8.13. The smallest absolute Gasteiger partial charge is 0.346 e. The van der Waals surface area contributed by atoms with Gasteiger partial charge in [0.15, 0.2) is 6.07 Å². The number of para-hydroxylation sites is 1. The topological polar surface area (TPSA) is 71.9 Å². The van der Waals surface area contributed by atoms with Crippen molar-refractivity contribution in [3.63, 3.8) is 0 Å². The van der Waals surface area contributed by atoms with E-state index in [0.29, 0.717) is 5.56 Å². The molecule has 0 atom stereocenters. The maximum atomic E-state index is 10.6. The fourth-order valence-corrected chi connectivity index (χ4v) is 1.76. The van der Waals surface area contributed by atoms with Crippen molar-refractivity contribution in [1.82, 2.24) is 4.57 Å². The lowest BCUT2D eigenvalue weighted by atomic mass is 10.1. The van der Waals surface area contributed by atoms with E-state index in [2.05, 4.69) is 0 Å². The van der Waals surface area contributed by atoms with Crippen molar-refractivity contribution >= 4 is 17.0 Å². The van der Waals surface area contributed by atoms with Crippen LogP contribution in [0.5, 0.6) is 0 Å². The largest absolute Gasteiger partial charge is 0.350 e. The number of allylic oxidation sites excluding steroid dienone is 1. The Morgan fingerprint density at radius 1 is 1.53 bits per heavy atom. The van der Waals surface area contributed by atoms with Crippen molar-refractivity contribution in [2.75, 3.05) is 0 Å². The molecule has 0 bridgehead atoms. The Kier molecular flexibility index (Phi) is 2.63. The Morgan fingerprint density at radius 2 is 2.24 bits per heavy atom. The highest BCUT2D eigenvalue weighted by Crippen LogP contribution is 2.22. The van der Waals surface area contributed by atoms with Crippen LogP contribution in [0, 0.1) is 21.4 Å². The molecule has 0 N–H and O–H groups in total. The van der Waals surface area contributed by atoms with Crippen LogP contribution in [0.15, 0.2) is 36.2 Å². The molecule has 2 aromatic rings. The highest BCUT2D eigenvalue weighted by molar-refractivity contribution is 5.89. The zero-order valence-electron chi connectivity index (χ0n) is 9.12. The summed E-state index contributed by atoms with van der Waals surface area (Å²) in [5, 5.41) is 20.1. The number of nitrogens with zero attached hydrogens (tertiary/aromatic N) is 3. The molecule has 0 fully saturated rings. The molecule has 0 aliphatic rings. The summed E-state index contributed by atoms with van der Waals surface area (Å²) in [5.74, 6) is 0. The molecule has 2 rings (SSSR count). The third-order valence-corrected chi connectivity index (χ3v) is 2.53. The zero-order chi connectivity index (χ0) is 12.4. The van der Waals surface area contributed by atoms with E-state index in [1.165, 1.54) is 6.08 Å². The Labute approximate surface area is 97.3 Å². The summed E-state index contributed by atoms with van der Waals surface area (Å²) in [5.41, 5.74) is 1.19. The van der Waals surface area contributed by atoms with E-state index in [4.69, 9.17) is 5.26 Å². The van der Waals surface area contributed by atoms with Crippen LogP contribution in [0.2, 0.25) is 0 Å². The van der Waals surface area contributed by atoms with Crippen molar-refractivity contribution in [3.05, 3.63) is 51.8 Å². The molecule has 5 heteroatoms. The highest BCUT2D eigenvalue weighted by Gasteiger charge is 2.11. The molecule has 1 aromatic heterocycles. The van der Waals surface area contributed by atoms with Gasteiger partial charge in [-0.2, -0.15) is 5.26 Å². The SMILES string of the molecule is Cn1cc(/C=C(/C#N)[N+](=O)[O-])c2ccccc21. The third kappa shape index (κ3) is 1.88. The van der Waals surface area contributed by atoms with Crippen LogP contribution in [-0.4, -0.2) is 9.49 Å². The molecular formula is C12H9N3O2. The number of fused-ring (bicyclic) bond motifs is 1. The first-order valence-corrected chi connectivity index (χ1v) is 4.93. The highest BCUT2D eigenvalue weighted by atomic mass is 16.6. The van der Waals surface area contributed by atoms with Crippen LogP contribution in [0.25, 0.3) is 17.0 Å². The summed E-state index contributed by atoms with van der Waals surface area (Å²) in [6.45, 7) is 0. The molecule has 0 aliphatic carbocycles. The Morgan fingerprint density at radius 3 is 2.88 bits per heavy atom. The van der Waals surface area contributed by atoms with Gasteiger partial charge in [-0.25, -0.2) is 0 Å². The van der Waals surface area contributed by atoms with Crippen molar-refractivity contribution < 1.29 is 4.92 Å². The minimum Gasteiger partial charge on any atom is -0.350 e. The summed E-state index contributed by atoms with van der Waals surface area (Å²) in [7, 11) is 1.86. The lowest BCUT2D eigenvalue weighted by Gasteiger charge is -1.92. The molecule has 0 radical (unpaired) electrons. The number of aryl methyl sites for hydroxylation is 1. The van der Waals surface area contributed by atoms with Crippen LogP contribution < -0.4 is 0 Å².